The molecule has 1 rings (SSSR count). The molecule has 1 aromatic rings. The lowest BCUT2D eigenvalue weighted by Crippen LogP contribution is -2.05. The fourth-order valence-corrected chi connectivity index (χ4v) is 2.03. The third-order valence-electron chi connectivity index (χ3n) is 2.98. The second kappa shape index (κ2) is 11.3. The zero-order valence-electron chi connectivity index (χ0n) is 12.8. The first-order chi connectivity index (χ1) is 10.7. The lowest BCUT2D eigenvalue weighted by atomic mass is 10.1. The minimum atomic E-state index is -0.238. The Morgan fingerprint density at radius 2 is 2.00 bits per heavy atom. The molecule has 0 saturated carbocycles. The normalized spacial score (nSPS) is 10.5. The summed E-state index contributed by atoms with van der Waals surface area (Å²) in [5, 5.41) is 9.14. The van der Waals surface area contributed by atoms with Crippen LogP contribution in [0.4, 0.5) is 0 Å². The van der Waals surface area contributed by atoms with E-state index >= 15 is 0 Å². The van der Waals surface area contributed by atoms with Crippen LogP contribution in [-0.2, 0) is 20.7 Å². The number of halogens is 1. The number of hydrogen-bond acceptors (Lipinski definition) is 5. The highest BCUT2D eigenvalue weighted by Gasteiger charge is 2.06. The van der Waals surface area contributed by atoms with Gasteiger partial charge in [-0.1, -0.05) is 17.7 Å². The van der Waals surface area contributed by atoms with Crippen LogP contribution >= 0.6 is 11.6 Å². The molecule has 0 aromatic heterocycles. The first kappa shape index (κ1) is 18.7. The summed E-state index contributed by atoms with van der Waals surface area (Å²) in [5.41, 5.74) is 0.968. The van der Waals surface area contributed by atoms with Gasteiger partial charge in [0.05, 0.1) is 18.7 Å². The van der Waals surface area contributed by atoms with E-state index in [9.17, 15) is 4.79 Å². The lowest BCUT2D eigenvalue weighted by Gasteiger charge is -2.10. The molecule has 0 radical (unpaired) electrons. The molecule has 0 unspecified atom stereocenters. The number of aliphatic hydroxyl groups is 1. The van der Waals surface area contributed by atoms with Gasteiger partial charge in [-0.05, 0) is 30.5 Å². The van der Waals surface area contributed by atoms with Crippen molar-refractivity contribution in [3.05, 3.63) is 28.8 Å². The Morgan fingerprint density at radius 1 is 1.23 bits per heavy atom. The molecule has 5 nitrogen and oxygen atoms in total. The number of esters is 1. The summed E-state index contributed by atoms with van der Waals surface area (Å²) in [6.45, 7) is 1.82. The zero-order chi connectivity index (χ0) is 16.2. The fourth-order valence-electron chi connectivity index (χ4n) is 1.78. The molecule has 1 aromatic carbocycles. The molecule has 22 heavy (non-hydrogen) atoms. The molecule has 0 aliphatic heterocycles. The molecule has 0 aliphatic rings. The molecular weight excluding hydrogens is 308 g/mol. The molecule has 0 atom stereocenters. The number of benzene rings is 1. The summed E-state index contributed by atoms with van der Waals surface area (Å²) >= 11 is 6.16. The number of carbonyl (C=O) groups is 1. The van der Waals surface area contributed by atoms with Gasteiger partial charge in [0, 0.05) is 32.7 Å². The minimum absolute atomic E-state index is 0.147. The molecule has 0 spiro atoms. The largest absolute Gasteiger partial charge is 0.492 e. The third kappa shape index (κ3) is 7.64. The van der Waals surface area contributed by atoms with Crippen LogP contribution in [0, 0.1) is 0 Å². The van der Waals surface area contributed by atoms with E-state index < -0.39 is 0 Å². The molecule has 0 heterocycles. The number of carbonyl (C=O) groups excluding carboxylic acids is 1. The summed E-state index contributed by atoms with van der Waals surface area (Å²) in [6, 6.07) is 5.50. The molecule has 0 aliphatic carbocycles. The highest BCUT2D eigenvalue weighted by Crippen LogP contribution is 2.26. The minimum Gasteiger partial charge on any atom is -0.492 e. The van der Waals surface area contributed by atoms with Gasteiger partial charge in [0.1, 0.15) is 5.75 Å². The van der Waals surface area contributed by atoms with Crippen molar-refractivity contribution in [1.29, 1.82) is 0 Å². The van der Waals surface area contributed by atoms with Crippen molar-refractivity contribution in [3.63, 3.8) is 0 Å². The molecule has 6 heteroatoms. The topological polar surface area (TPSA) is 65.0 Å². The monoisotopic (exact) mass is 330 g/mol. The SMILES string of the molecule is COC(=O)CCc1ccc(OCCCOCCCO)c(Cl)c1. The van der Waals surface area contributed by atoms with Gasteiger partial charge in [0.15, 0.2) is 0 Å². The lowest BCUT2D eigenvalue weighted by molar-refractivity contribution is -0.140. The molecule has 0 bridgehead atoms. The van der Waals surface area contributed by atoms with Crippen LogP contribution in [0.5, 0.6) is 5.75 Å². The van der Waals surface area contributed by atoms with Gasteiger partial charge in [-0.15, -0.1) is 0 Å². The van der Waals surface area contributed by atoms with Gasteiger partial charge in [-0.3, -0.25) is 4.79 Å². The summed E-state index contributed by atoms with van der Waals surface area (Å²) < 4.78 is 15.5. The van der Waals surface area contributed by atoms with Crippen molar-refractivity contribution in [2.24, 2.45) is 0 Å². The maximum absolute atomic E-state index is 11.1. The quantitative estimate of drug-likeness (QED) is 0.499. The Morgan fingerprint density at radius 3 is 2.68 bits per heavy atom. The van der Waals surface area contributed by atoms with Crippen LogP contribution < -0.4 is 4.74 Å². The smallest absolute Gasteiger partial charge is 0.305 e. The van der Waals surface area contributed by atoms with E-state index in [1.165, 1.54) is 7.11 Å². The maximum Gasteiger partial charge on any atom is 0.305 e. The van der Waals surface area contributed by atoms with Gasteiger partial charge < -0.3 is 19.3 Å². The molecule has 0 fully saturated rings. The Kier molecular flexibility index (Phi) is 9.62. The van der Waals surface area contributed by atoms with E-state index in [0.29, 0.717) is 49.9 Å². The van der Waals surface area contributed by atoms with E-state index in [-0.39, 0.29) is 12.6 Å². The van der Waals surface area contributed by atoms with Crippen LogP contribution in [-0.4, -0.2) is 44.6 Å². The van der Waals surface area contributed by atoms with Gasteiger partial charge in [-0.2, -0.15) is 0 Å². The van der Waals surface area contributed by atoms with E-state index in [1.807, 2.05) is 12.1 Å². The summed E-state index contributed by atoms with van der Waals surface area (Å²) in [7, 11) is 1.37. The van der Waals surface area contributed by atoms with Crippen molar-refractivity contribution in [2.45, 2.75) is 25.7 Å². The number of rotatable bonds is 11. The first-order valence-corrected chi connectivity index (χ1v) is 7.71. The van der Waals surface area contributed by atoms with Crippen molar-refractivity contribution >= 4 is 17.6 Å². The highest BCUT2D eigenvalue weighted by atomic mass is 35.5. The molecule has 124 valence electrons. The first-order valence-electron chi connectivity index (χ1n) is 7.34. The van der Waals surface area contributed by atoms with E-state index in [0.717, 1.165) is 12.0 Å². The molecule has 0 saturated heterocycles. The van der Waals surface area contributed by atoms with Gasteiger partial charge >= 0.3 is 5.97 Å². The Hall–Kier alpha value is -1.30. The predicted molar refractivity (Wildman–Crippen MR) is 84.4 cm³/mol. The van der Waals surface area contributed by atoms with Crippen LogP contribution in [0.2, 0.25) is 5.02 Å². The van der Waals surface area contributed by atoms with Crippen LogP contribution in [0.3, 0.4) is 0 Å². The summed E-state index contributed by atoms with van der Waals surface area (Å²) in [4.78, 5) is 11.1. The van der Waals surface area contributed by atoms with Gasteiger partial charge in [0.2, 0.25) is 0 Å². The Balaban J connectivity index is 2.28. The maximum atomic E-state index is 11.1. The summed E-state index contributed by atoms with van der Waals surface area (Å²) in [5.74, 6) is 0.386. The zero-order valence-corrected chi connectivity index (χ0v) is 13.6. The second-order valence-corrected chi connectivity index (χ2v) is 5.14. The van der Waals surface area contributed by atoms with Crippen LogP contribution in [0.15, 0.2) is 18.2 Å². The van der Waals surface area contributed by atoms with Gasteiger partial charge in [-0.25, -0.2) is 0 Å². The van der Waals surface area contributed by atoms with Crippen LogP contribution in [0.1, 0.15) is 24.8 Å². The predicted octanol–water partition coefficient (Wildman–Crippen LogP) is 2.61. The standard InChI is InChI=1S/C16H23ClO5/c1-20-16(19)7-5-13-4-6-15(14(17)12-13)22-11-3-10-21-9-2-8-18/h4,6,12,18H,2-3,5,7-11H2,1H3. The van der Waals surface area contributed by atoms with Crippen molar-refractivity contribution in [3.8, 4) is 5.75 Å². The number of aryl methyl sites for hydroxylation is 1. The van der Waals surface area contributed by atoms with Gasteiger partial charge in [0.25, 0.3) is 0 Å². The number of aliphatic hydroxyl groups excluding tert-OH is 1. The second-order valence-electron chi connectivity index (χ2n) is 4.73. The highest BCUT2D eigenvalue weighted by molar-refractivity contribution is 6.32. The molecule has 0 amide bonds. The average molecular weight is 331 g/mol. The average Bonchev–Trinajstić information content (AvgIpc) is 2.53. The number of ether oxygens (including phenoxy) is 3. The number of hydrogen-bond donors (Lipinski definition) is 1. The third-order valence-corrected chi connectivity index (χ3v) is 3.27. The molecular formula is C16H23ClO5. The van der Waals surface area contributed by atoms with E-state index in [1.54, 1.807) is 6.07 Å². The van der Waals surface area contributed by atoms with Crippen molar-refractivity contribution < 1.29 is 24.1 Å². The Labute approximate surface area is 136 Å². The van der Waals surface area contributed by atoms with E-state index in [2.05, 4.69) is 4.74 Å². The van der Waals surface area contributed by atoms with E-state index in [4.69, 9.17) is 26.2 Å². The van der Waals surface area contributed by atoms with Crippen LogP contribution in [0.25, 0.3) is 0 Å². The van der Waals surface area contributed by atoms with Crippen molar-refractivity contribution in [2.75, 3.05) is 33.5 Å². The fraction of sp³-hybridized carbons (Fsp3) is 0.562. The Bertz CT molecular complexity index is 450. The van der Waals surface area contributed by atoms with Crippen molar-refractivity contribution in [1.82, 2.24) is 0 Å². The number of methoxy groups -OCH3 is 1. The summed E-state index contributed by atoms with van der Waals surface area (Å²) in [6.07, 6.45) is 2.33. The molecule has 1 N–H and O–H groups in total.